The van der Waals surface area contributed by atoms with Crippen molar-refractivity contribution in [2.24, 2.45) is 0 Å². The van der Waals surface area contributed by atoms with Gasteiger partial charge in [-0.05, 0) is 61.0 Å². The third kappa shape index (κ3) is 4.46. The zero-order valence-corrected chi connectivity index (χ0v) is 19.9. The van der Waals surface area contributed by atoms with E-state index in [0.29, 0.717) is 17.0 Å². The highest BCUT2D eigenvalue weighted by molar-refractivity contribution is 7.99. The summed E-state index contributed by atoms with van der Waals surface area (Å²) in [6.45, 7) is 3.33. The molecule has 2 aliphatic heterocycles. The lowest BCUT2D eigenvalue weighted by Gasteiger charge is -2.26. The van der Waals surface area contributed by atoms with Crippen LogP contribution in [0.25, 0.3) is 0 Å². The van der Waals surface area contributed by atoms with Crippen LogP contribution >= 0.6 is 11.8 Å². The maximum Gasteiger partial charge on any atom is 0.261 e. The predicted octanol–water partition coefficient (Wildman–Crippen LogP) is 3.83. The van der Waals surface area contributed by atoms with Gasteiger partial charge in [-0.1, -0.05) is 0 Å². The number of carbonyl (C=O) groups excluding carboxylic acids is 4. The van der Waals surface area contributed by atoms with Crippen LogP contribution in [0.15, 0.2) is 59.2 Å². The topological polar surface area (TPSA) is 99.9 Å². The SMILES string of the molecule is Cc1cc(C(=O)N2CCSCC2)ccc1NC(=O)c1ccc2c(c1)C(=O)N(Cc1ccco1)C2=O. The summed E-state index contributed by atoms with van der Waals surface area (Å²) in [6.07, 6.45) is 1.48. The van der Waals surface area contributed by atoms with E-state index in [0.717, 1.165) is 35.1 Å². The fourth-order valence-electron chi connectivity index (χ4n) is 4.21. The molecule has 0 saturated carbocycles. The molecule has 178 valence electrons. The highest BCUT2D eigenvalue weighted by Crippen LogP contribution is 2.27. The van der Waals surface area contributed by atoms with E-state index in [1.165, 1.54) is 24.5 Å². The number of furan rings is 1. The molecule has 5 rings (SSSR count). The summed E-state index contributed by atoms with van der Waals surface area (Å²) in [6, 6.07) is 13.0. The molecule has 3 aromatic rings. The number of fused-ring (bicyclic) bond motifs is 1. The van der Waals surface area contributed by atoms with Crippen molar-refractivity contribution < 1.29 is 23.6 Å². The number of carbonyl (C=O) groups is 4. The van der Waals surface area contributed by atoms with E-state index in [1.54, 1.807) is 30.3 Å². The van der Waals surface area contributed by atoms with Gasteiger partial charge in [-0.2, -0.15) is 11.8 Å². The van der Waals surface area contributed by atoms with Crippen LogP contribution in [0.4, 0.5) is 5.69 Å². The Balaban J connectivity index is 1.30. The Bertz CT molecular complexity index is 1330. The molecule has 2 aromatic carbocycles. The van der Waals surface area contributed by atoms with E-state index in [2.05, 4.69) is 5.32 Å². The third-order valence-corrected chi connectivity index (χ3v) is 7.09. The lowest BCUT2D eigenvalue weighted by atomic mass is 10.0. The number of nitrogens with zero attached hydrogens (tertiary/aromatic N) is 2. The number of thioether (sulfide) groups is 1. The summed E-state index contributed by atoms with van der Waals surface area (Å²) in [7, 11) is 0. The van der Waals surface area contributed by atoms with E-state index >= 15 is 0 Å². The summed E-state index contributed by atoms with van der Waals surface area (Å²) in [5, 5.41) is 2.84. The van der Waals surface area contributed by atoms with Gasteiger partial charge in [0.2, 0.25) is 0 Å². The minimum Gasteiger partial charge on any atom is -0.467 e. The minimum absolute atomic E-state index is 0.00724. The molecule has 35 heavy (non-hydrogen) atoms. The largest absolute Gasteiger partial charge is 0.467 e. The average molecular weight is 490 g/mol. The number of rotatable bonds is 5. The molecule has 9 heteroatoms. The van der Waals surface area contributed by atoms with Gasteiger partial charge in [0.05, 0.1) is 23.9 Å². The molecule has 0 bridgehead atoms. The molecule has 8 nitrogen and oxygen atoms in total. The zero-order chi connectivity index (χ0) is 24.5. The van der Waals surface area contributed by atoms with Crippen molar-refractivity contribution in [3.05, 3.63) is 88.4 Å². The molecule has 4 amide bonds. The van der Waals surface area contributed by atoms with Crippen LogP contribution in [-0.2, 0) is 6.54 Å². The number of anilines is 1. The maximum atomic E-state index is 12.9. The lowest BCUT2D eigenvalue weighted by molar-refractivity contribution is 0.0630. The van der Waals surface area contributed by atoms with E-state index in [1.807, 2.05) is 23.6 Å². The van der Waals surface area contributed by atoms with Crippen LogP contribution in [0.5, 0.6) is 0 Å². The van der Waals surface area contributed by atoms with Gasteiger partial charge in [-0.3, -0.25) is 24.1 Å². The van der Waals surface area contributed by atoms with Crippen LogP contribution in [0.3, 0.4) is 0 Å². The van der Waals surface area contributed by atoms with Gasteiger partial charge in [-0.15, -0.1) is 0 Å². The smallest absolute Gasteiger partial charge is 0.261 e. The number of imide groups is 1. The van der Waals surface area contributed by atoms with Crippen molar-refractivity contribution in [1.82, 2.24) is 9.80 Å². The van der Waals surface area contributed by atoms with Gasteiger partial charge in [0.1, 0.15) is 5.76 Å². The quantitative estimate of drug-likeness (QED) is 0.547. The first kappa shape index (κ1) is 22.9. The van der Waals surface area contributed by atoms with Crippen molar-refractivity contribution in [1.29, 1.82) is 0 Å². The summed E-state index contributed by atoms with van der Waals surface area (Å²) >= 11 is 1.84. The maximum absolute atomic E-state index is 12.9. The second kappa shape index (κ2) is 9.42. The standard InChI is InChI=1S/C26H23N3O5S/c1-16-13-18(24(31)28-8-11-35-12-9-28)5-7-22(16)27-23(30)17-4-6-20-21(14-17)26(33)29(25(20)32)15-19-3-2-10-34-19/h2-7,10,13-14H,8-9,11-12,15H2,1H3,(H,27,30). The summed E-state index contributed by atoms with van der Waals surface area (Å²) in [4.78, 5) is 54.2. The van der Waals surface area contributed by atoms with Crippen molar-refractivity contribution in [2.45, 2.75) is 13.5 Å². The highest BCUT2D eigenvalue weighted by Gasteiger charge is 2.36. The normalized spacial score (nSPS) is 15.3. The van der Waals surface area contributed by atoms with Gasteiger partial charge in [0.25, 0.3) is 23.6 Å². The Kier molecular flexibility index (Phi) is 6.17. The van der Waals surface area contributed by atoms with E-state index in [4.69, 9.17) is 4.42 Å². The molecule has 0 unspecified atom stereocenters. The molecule has 0 atom stereocenters. The number of amides is 4. The summed E-state index contributed by atoms with van der Waals surface area (Å²) in [5.41, 5.74) is 2.62. The van der Waals surface area contributed by atoms with Crippen molar-refractivity contribution in [3.8, 4) is 0 Å². The van der Waals surface area contributed by atoms with Crippen LogP contribution in [-0.4, -0.2) is 58.0 Å². The lowest BCUT2D eigenvalue weighted by Crippen LogP contribution is -2.37. The first-order valence-corrected chi connectivity index (χ1v) is 12.4. The molecule has 0 radical (unpaired) electrons. The molecule has 1 fully saturated rings. The number of hydrogen-bond donors (Lipinski definition) is 1. The molecule has 3 heterocycles. The Morgan fingerprint density at radius 2 is 1.71 bits per heavy atom. The molecule has 1 N–H and O–H groups in total. The van der Waals surface area contributed by atoms with Crippen LogP contribution in [0.2, 0.25) is 0 Å². The van der Waals surface area contributed by atoms with Gasteiger partial charge in [0.15, 0.2) is 0 Å². The summed E-state index contributed by atoms with van der Waals surface area (Å²) < 4.78 is 5.25. The molecule has 0 spiro atoms. The van der Waals surface area contributed by atoms with E-state index < -0.39 is 17.7 Å². The molecule has 1 saturated heterocycles. The van der Waals surface area contributed by atoms with E-state index in [-0.39, 0.29) is 29.1 Å². The molecule has 1 aromatic heterocycles. The van der Waals surface area contributed by atoms with Crippen molar-refractivity contribution in [3.63, 3.8) is 0 Å². The first-order valence-electron chi connectivity index (χ1n) is 11.2. The fraction of sp³-hybridized carbons (Fsp3) is 0.231. The summed E-state index contributed by atoms with van der Waals surface area (Å²) in [5.74, 6) is 1.07. The Labute approximate surface area is 206 Å². The predicted molar refractivity (Wildman–Crippen MR) is 132 cm³/mol. The Morgan fingerprint density at radius 1 is 0.971 bits per heavy atom. The van der Waals surface area contributed by atoms with Gasteiger partial charge in [-0.25, -0.2) is 0 Å². The average Bonchev–Trinajstić information content (AvgIpc) is 3.48. The second-order valence-electron chi connectivity index (χ2n) is 8.42. The monoisotopic (exact) mass is 489 g/mol. The highest BCUT2D eigenvalue weighted by atomic mass is 32.2. The Morgan fingerprint density at radius 3 is 2.43 bits per heavy atom. The number of benzene rings is 2. The van der Waals surface area contributed by atoms with Crippen LogP contribution in [0, 0.1) is 6.92 Å². The molecule has 2 aliphatic rings. The van der Waals surface area contributed by atoms with Crippen LogP contribution < -0.4 is 5.32 Å². The zero-order valence-electron chi connectivity index (χ0n) is 19.1. The third-order valence-electron chi connectivity index (χ3n) is 6.15. The van der Waals surface area contributed by atoms with Gasteiger partial charge in [0, 0.05) is 41.4 Å². The molecular formula is C26H23N3O5S. The molecule has 0 aliphatic carbocycles. The Hall–Kier alpha value is -3.85. The van der Waals surface area contributed by atoms with E-state index in [9.17, 15) is 19.2 Å². The second-order valence-corrected chi connectivity index (χ2v) is 9.65. The van der Waals surface area contributed by atoms with Gasteiger partial charge < -0.3 is 14.6 Å². The van der Waals surface area contributed by atoms with Crippen molar-refractivity contribution >= 4 is 41.1 Å². The molecular weight excluding hydrogens is 466 g/mol. The number of nitrogens with one attached hydrogen (secondary N) is 1. The van der Waals surface area contributed by atoms with Crippen molar-refractivity contribution in [2.75, 3.05) is 29.9 Å². The number of hydrogen-bond acceptors (Lipinski definition) is 6. The number of aryl methyl sites for hydroxylation is 1. The minimum atomic E-state index is -0.466. The first-order chi connectivity index (χ1) is 16.9. The van der Waals surface area contributed by atoms with Gasteiger partial charge >= 0.3 is 0 Å². The fourth-order valence-corrected chi connectivity index (χ4v) is 5.12. The van der Waals surface area contributed by atoms with Crippen LogP contribution in [0.1, 0.15) is 52.8 Å².